The first-order valence-corrected chi connectivity index (χ1v) is 9.75. The Hall–Kier alpha value is -0.660. The third-order valence-corrected chi connectivity index (χ3v) is 4.13. The predicted octanol–water partition coefficient (Wildman–Crippen LogP) is 2.70. The summed E-state index contributed by atoms with van der Waals surface area (Å²) in [6, 6.07) is 0. The predicted molar refractivity (Wildman–Crippen MR) is 85.2 cm³/mol. The van der Waals surface area contributed by atoms with Crippen LogP contribution in [-0.4, -0.2) is 42.5 Å². The van der Waals surface area contributed by atoms with Crippen molar-refractivity contribution in [3.8, 4) is 0 Å². The van der Waals surface area contributed by atoms with Crippen molar-refractivity contribution < 1.29 is 27.6 Å². The molecule has 0 heterocycles. The van der Waals surface area contributed by atoms with Crippen LogP contribution in [0.5, 0.6) is 0 Å². The van der Waals surface area contributed by atoms with Crippen molar-refractivity contribution in [3.63, 3.8) is 0 Å². The lowest BCUT2D eigenvalue weighted by Crippen LogP contribution is -2.26. The van der Waals surface area contributed by atoms with Crippen LogP contribution in [0.2, 0.25) is 0 Å². The molecule has 7 heteroatoms. The molecule has 132 valence electrons. The molecule has 0 amide bonds. The van der Waals surface area contributed by atoms with Crippen LogP contribution in [0.1, 0.15) is 71.1 Å². The summed E-state index contributed by atoms with van der Waals surface area (Å²) in [7, 11) is -4.25. The molecular weight excluding hydrogens is 308 g/mol. The normalized spacial score (nSPS) is 13.0. The zero-order valence-electron chi connectivity index (χ0n) is 13.5. The Morgan fingerprint density at radius 2 is 1.50 bits per heavy atom. The van der Waals surface area contributed by atoms with Gasteiger partial charge in [-0.3, -0.25) is 9.35 Å². The Morgan fingerprint density at radius 1 is 1.00 bits per heavy atom. The number of aliphatic hydroxyl groups is 1. The summed E-state index contributed by atoms with van der Waals surface area (Å²) in [6.45, 7) is 1.79. The van der Waals surface area contributed by atoms with E-state index in [4.69, 9.17) is 9.29 Å². The Kier molecular flexibility index (Phi) is 12.5. The molecule has 6 nitrogen and oxygen atoms in total. The highest BCUT2D eigenvalue weighted by Crippen LogP contribution is 2.10. The topological polar surface area (TPSA) is 101 Å². The molecule has 1 atom stereocenters. The monoisotopic (exact) mass is 338 g/mol. The minimum absolute atomic E-state index is 0.272. The average Bonchev–Trinajstić information content (AvgIpc) is 2.41. The Balaban J connectivity index is 3.43. The molecule has 0 saturated heterocycles. The molecule has 0 aliphatic heterocycles. The lowest BCUT2D eigenvalue weighted by Gasteiger charge is -2.09. The molecule has 0 bridgehead atoms. The number of hydrogen-bond donors (Lipinski definition) is 2. The third-order valence-electron chi connectivity index (χ3n) is 3.32. The van der Waals surface area contributed by atoms with Gasteiger partial charge in [0.05, 0.1) is 0 Å². The summed E-state index contributed by atoms with van der Waals surface area (Å²) in [5, 5.41) is 9.25. The van der Waals surface area contributed by atoms with Crippen molar-refractivity contribution in [1.29, 1.82) is 0 Å². The standard InChI is InChI=1S/C15H30O6S/c1-2-3-4-5-6-7-8-9-10-11-15(17)21-12-14(16)13-22(18,19)20/h14,16H,2-13H2,1H3,(H,18,19,20)/t14-/m0/s1. The number of aliphatic hydroxyl groups excluding tert-OH is 1. The zero-order chi connectivity index (χ0) is 16.8. The molecular formula is C15H30O6S. The largest absolute Gasteiger partial charge is 0.463 e. The molecule has 0 unspecified atom stereocenters. The first kappa shape index (κ1) is 21.3. The van der Waals surface area contributed by atoms with Crippen molar-refractivity contribution >= 4 is 16.1 Å². The fourth-order valence-corrected chi connectivity index (χ4v) is 2.72. The van der Waals surface area contributed by atoms with Crippen LogP contribution in [0.15, 0.2) is 0 Å². The molecule has 0 radical (unpaired) electrons. The number of esters is 1. The highest BCUT2D eigenvalue weighted by atomic mass is 32.2. The molecule has 22 heavy (non-hydrogen) atoms. The maximum atomic E-state index is 11.4. The van der Waals surface area contributed by atoms with E-state index in [1.807, 2.05) is 0 Å². The van der Waals surface area contributed by atoms with Crippen LogP contribution in [0.4, 0.5) is 0 Å². The van der Waals surface area contributed by atoms with Crippen LogP contribution < -0.4 is 0 Å². The Bertz CT molecular complexity index is 379. The van der Waals surface area contributed by atoms with Gasteiger partial charge in [0.25, 0.3) is 10.1 Å². The van der Waals surface area contributed by atoms with E-state index >= 15 is 0 Å². The van der Waals surface area contributed by atoms with Crippen molar-refractivity contribution in [2.45, 2.75) is 77.2 Å². The number of hydrogen-bond acceptors (Lipinski definition) is 5. The van der Waals surface area contributed by atoms with Gasteiger partial charge in [0.2, 0.25) is 0 Å². The van der Waals surface area contributed by atoms with E-state index in [1.165, 1.54) is 38.5 Å². The first-order valence-electron chi connectivity index (χ1n) is 8.14. The molecule has 0 rings (SSSR count). The first-order chi connectivity index (χ1) is 10.3. The second kappa shape index (κ2) is 12.8. The fraction of sp³-hybridized carbons (Fsp3) is 0.933. The van der Waals surface area contributed by atoms with Crippen molar-refractivity contribution in [2.75, 3.05) is 12.4 Å². The van der Waals surface area contributed by atoms with Gasteiger partial charge in [-0.15, -0.1) is 0 Å². The number of rotatable bonds is 14. The molecule has 0 spiro atoms. The van der Waals surface area contributed by atoms with E-state index in [9.17, 15) is 18.3 Å². The summed E-state index contributed by atoms with van der Waals surface area (Å²) < 4.78 is 34.3. The number of ether oxygens (including phenoxy) is 1. The number of carbonyl (C=O) groups excluding carboxylic acids is 1. The quantitative estimate of drug-likeness (QED) is 0.287. The zero-order valence-corrected chi connectivity index (χ0v) is 14.3. The van der Waals surface area contributed by atoms with Gasteiger partial charge in [0, 0.05) is 6.42 Å². The van der Waals surface area contributed by atoms with E-state index in [0.717, 1.165) is 19.3 Å². The van der Waals surface area contributed by atoms with Gasteiger partial charge in [-0.05, 0) is 6.42 Å². The summed E-state index contributed by atoms with van der Waals surface area (Å²) in [5.41, 5.74) is 0. The van der Waals surface area contributed by atoms with Crippen LogP contribution in [0.3, 0.4) is 0 Å². The molecule has 2 N–H and O–H groups in total. The highest BCUT2D eigenvalue weighted by Gasteiger charge is 2.15. The van der Waals surface area contributed by atoms with Gasteiger partial charge in [-0.2, -0.15) is 8.42 Å². The van der Waals surface area contributed by atoms with E-state index in [2.05, 4.69) is 6.92 Å². The van der Waals surface area contributed by atoms with Crippen molar-refractivity contribution in [3.05, 3.63) is 0 Å². The van der Waals surface area contributed by atoms with Gasteiger partial charge in [-0.1, -0.05) is 58.3 Å². The summed E-state index contributed by atoms with van der Waals surface area (Å²) in [5.74, 6) is -1.27. The molecule has 0 aromatic carbocycles. The van der Waals surface area contributed by atoms with E-state index in [-0.39, 0.29) is 6.42 Å². The van der Waals surface area contributed by atoms with Crippen LogP contribution >= 0.6 is 0 Å². The highest BCUT2D eigenvalue weighted by molar-refractivity contribution is 7.85. The Labute approximate surface area is 134 Å². The van der Waals surface area contributed by atoms with Gasteiger partial charge in [-0.25, -0.2) is 0 Å². The molecule has 0 aliphatic rings. The molecule has 0 fully saturated rings. The maximum absolute atomic E-state index is 11.4. The van der Waals surface area contributed by atoms with Gasteiger partial charge in [0.15, 0.2) is 0 Å². The van der Waals surface area contributed by atoms with Crippen LogP contribution in [-0.2, 0) is 19.6 Å². The molecule has 0 aromatic heterocycles. The van der Waals surface area contributed by atoms with E-state index < -0.39 is 34.6 Å². The van der Waals surface area contributed by atoms with Crippen molar-refractivity contribution in [2.24, 2.45) is 0 Å². The minimum atomic E-state index is -4.25. The minimum Gasteiger partial charge on any atom is -0.463 e. The maximum Gasteiger partial charge on any atom is 0.305 e. The average molecular weight is 338 g/mol. The lowest BCUT2D eigenvalue weighted by molar-refractivity contribution is -0.146. The Morgan fingerprint density at radius 3 is 2.00 bits per heavy atom. The number of unbranched alkanes of at least 4 members (excludes halogenated alkanes) is 8. The van der Waals surface area contributed by atoms with Crippen LogP contribution in [0.25, 0.3) is 0 Å². The SMILES string of the molecule is CCCCCCCCCCCC(=O)OC[C@H](O)CS(=O)(=O)O. The summed E-state index contributed by atoms with van der Waals surface area (Å²) in [6.07, 6.45) is 9.25. The second-order valence-corrected chi connectivity index (χ2v) is 7.16. The van der Waals surface area contributed by atoms with Crippen LogP contribution in [0, 0.1) is 0 Å². The molecule has 0 saturated carbocycles. The smallest absolute Gasteiger partial charge is 0.305 e. The van der Waals surface area contributed by atoms with Crippen molar-refractivity contribution in [1.82, 2.24) is 0 Å². The fourth-order valence-electron chi connectivity index (χ4n) is 2.13. The van der Waals surface area contributed by atoms with Gasteiger partial charge < -0.3 is 9.84 Å². The molecule has 0 aliphatic carbocycles. The summed E-state index contributed by atoms with van der Waals surface area (Å²) >= 11 is 0. The molecule has 0 aromatic rings. The van der Waals surface area contributed by atoms with E-state index in [1.54, 1.807) is 0 Å². The van der Waals surface area contributed by atoms with Gasteiger partial charge >= 0.3 is 5.97 Å². The number of carbonyl (C=O) groups is 1. The second-order valence-electron chi connectivity index (χ2n) is 5.66. The summed E-state index contributed by atoms with van der Waals surface area (Å²) in [4.78, 5) is 11.4. The van der Waals surface area contributed by atoms with E-state index in [0.29, 0.717) is 0 Å². The van der Waals surface area contributed by atoms with Gasteiger partial charge in [0.1, 0.15) is 18.5 Å². The third kappa shape index (κ3) is 15.7. The lowest BCUT2D eigenvalue weighted by atomic mass is 10.1.